The maximum absolute atomic E-state index is 5.72. The van der Waals surface area contributed by atoms with Crippen LogP contribution in [0.1, 0.15) is 19.4 Å². The predicted octanol–water partition coefficient (Wildman–Crippen LogP) is 3.96. The molecule has 0 amide bonds. The topological polar surface area (TPSA) is 43.4 Å². The van der Waals surface area contributed by atoms with Gasteiger partial charge in [0.05, 0.1) is 0 Å². The van der Waals surface area contributed by atoms with E-state index in [4.69, 9.17) is 9.47 Å². The average molecular weight is 335 g/mol. The van der Waals surface area contributed by atoms with Crippen molar-refractivity contribution < 1.29 is 9.47 Å². The summed E-state index contributed by atoms with van der Waals surface area (Å²) in [6, 6.07) is 7.90. The van der Waals surface area contributed by atoms with E-state index in [2.05, 4.69) is 26.2 Å². The van der Waals surface area contributed by atoms with Gasteiger partial charge in [-0.1, -0.05) is 0 Å². The van der Waals surface area contributed by atoms with E-state index in [0.29, 0.717) is 6.54 Å². The smallest absolute Gasteiger partial charge is 0.246 e. The van der Waals surface area contributed by atoms with E-state index < -0.39 is 5.79 Å². The molecule has 20 heavy (non-hydrogen) atoms. The zero-order valence-electron chi connectivity index (χ0n) is 11.3. The Balaban J connectivity index is 1.71. The van der Waals surface area contributed by atoms with Crippen LogP contribution in [0.2, 0.25) is 0 Å². The van der Waals surface area contributed by atoms with Crippen LogP contribution in [0.5, 0.6) is 11.5 Å². The average Bonchev–Trinajstić information content (AvgIpc) is 2.69. The number of hydrogen-bond acceptors (Lipinski definition) is 4. The molecule has 104 valence electrons. The first-order valence-corrected chi connectivity index (χ1v) is 7.16. The lowest BCUT2D eigenvalue weighted by molar-refractivity contribution is -0.0431. The van der Waals surface area contributed by atoms with E-state index in [9.17, 15) is 0 Å². The number of fused-ring (bicyclic) bond motifs is 1. The van der Waals surface area contributed by atoms with Crippen molar-refractivity contribution in [1.29, 1.82) is 0 Å². The maximum atomic E-state index is 5.72. The second kappa shape index (κ2) is 4.98. The quantitative estimate of drug-likeness (QED) is 0.922. The molecule has 2 heterocycles. The highest BCUT2D eigenvalue weighted by molar-refractivity contribution is 9.10. The highest BCUT2D eigenvalue weighted by atomic mass is 79.9. The van der Waals surface area contributed by atoms with Crippen LogP contribution in [0.25, 0.3) is 0 Å². The summed E-state index contributed by atoms with van der Waals surface area (Å²) < 4.78 is 12.4. The summed E-state index contributed by atoms with van der Waals surface area (Å²) in [7, 11) is 0. The minimum Gasteiger partial charge on any atom is -0.449 e. The molecule has 5 heteroatoms. The van der Waals surface area contributed by atoms with E-state index in [1.807, 2.05) is 44.3 Å². The number of rotatable bonds is 3. The van der Waals surface area contributed by atoms with Gasteiger partial charge in [0.15, 0.2) is 11.5 Å². The maximum Gasteiger partial charge on any atom is 0.246 e. The molecule has 0 fully saturated rings. The van der Waals surface area contributed by atoms with Crippen molar-refractivity contribution in [2.75, 3.05) is 5.32 Å². The second-order valence-corrected chi connectivity index (χ2v) is 6.05. The molecule has 0 saturated carbocycles. The van der Waals surface area contributed by atoms with Gasteiger partial charge in [-0.15, -0.1) is 0 Å². The minimum atomic E-state index is -0.588. The third-order valence-corrected chi connectivity index (χ3v) is 3.35. The number of hydrogen-bond donors (Lipinski definition) is 1. The van der Waals surface area contributed by atoms with Crippen LogP contribution < -0.4 is 14.8 Å². The number of anilines is 1. The summed E-state index contributed by atoms with van der Waals surface area (Å²) in [5.41, 5.74) is 2.10. The van der Waals surface area contributed by atoms with Crippen LogP contribution >= 0.6 is 15.9 Å². The van der Waals surface area contributed by atoms with Crippen LogP contribution in [0.3, 0.4) is 0 Å². The third-order valence-electron chi connectivity index (χ3n) is 2.91. The predicted molar refractivity (Wildman–Crippen MR) is 81.0 cm³/mol. The lowest BCUT2D eigenvalue weighted by Gasteiger charge is -2.16. The number of nitrogens with zero attached hydrogens (tertiary/aromatic N) is 1. The molecule has 0 unspecified atom stereocenters. The van der Waals surface area contributed by atoms with Crippen molar-refractivity contribution in [1.82, 2.24) is 4.98 Å². The summed E-state index contributed by atoms with van der Waals surface area (Å²) in [6.07, 6.45) is 3.61. The van der Waals surface area contributed by atoms with Crippen molar-refractivity contribution in [2.24, 2.45) is 0 Å². The van der Waals surface area contributed by atoms with Crippen molar-refractivity contribution in [3.05, 3.63) is 46.7 Å². The van der Waals surface area contributed by atoms with Crippen LogP contribution in [-0.4, -0.2) is 10.8 Å². The van der Waals surface area contributed by atoms with Gasteiger partial charge in [0.2, 0.25) is 5.79 Å². The number of halogens is 1. The Morgan fingerprint density at radius 3 is 2.75 bits per heavy atom. The summed E-state index contributed by atoms with van der Waals surface area (Å²) in [4.78, 5) is 4.14. The van der Waals surface area contributed by atoms with Crippen LogP contribution in [0.4, 0.5) is 5.69 Å². The number of nitrogens with one attached hydrogen (secondary N) is 1. The third kappa shape index (κ3) is 2.88. The molecule has 3 rings (SSSR count). The molecule has 1 aromatic carbocycles. The Morgan fingerprint density at radius 1 is 1.15 bits per heavy atom. The molecule has 2 aromatic rings. The lowest BCUT2D eigenvalue weighted by atomic mass is 10.2. The minimum absolute atomic E-state index is 0.588. The van der Waals surface area contributed by atoms with Gasteiger partial charge in [0.25, 0.3) is 0 Å². The van der Waals surface area contributed by atoms with E-state index in [-0.39, 0.29) is 0 Å². The highest BCUT2D eigenvalue weighted by Crippen LogP contribution is 2.40. The number of ether oxygens (including phenoxy) is 2. The fourth-order valence-electron chi connectivity index (χ4n) is 2.09. The van der Waals surface area contributed by atoms with Gasteiger partial charge in [-0.3, -0.25) is 4.98 Å². The van der Waals surface area contributed by atoms with Gasteiger partial charge in [-0.2, -0.15) is 0 Å². The van der Waals surface area contributed by atoms with Crippen molar-refractivity contribution in [3.63, 3.8) is 0 Å². The van der Waals surface area contributed by atoms with Crippen LogP contribution in [-0.2, 0) is 6.54 Å². The molecule has 1 aromatic heterocycles. The standard InChI is InChI=1S/C15H15BrN2O2/c1-15(2)19-13-4-3-12(6-14(13)20-15)18-8-10-5-11(16)9-17-7-10/h3-7,9,18H,8H2,1-2H3. The first-order valence-electron chi connectivity index (χ1n) is 6.37. The Bertz CT molecular complexity index is 644. The first-order chi connectivity index (χ1) is 9.52. The SMILES string of the molecule is CC1(C)Oc2ccc(NCc3cncc(Br)c3)cc2O1. The summed E-state index contributed by atoms with van der Waals surface area (Å²) in [6.45, 7) is 4.50. The number of aromatic nitrogens is 1. The summed E-state index contributed by atoms with van der Waals surface area (Å²) >= 11 is 3.41. The van der Waals surface area contributed by atoms with E-state index in [1.165, 1.54) is 0 Å². The molecule has 0 atom stereocenters. The molecule has 0 bridgehead atoms. The molecule has 1 aliphatic heterocycles. The first kappa shape index (κ1) is 13.2. The van der Waals surface area contributed by atoms with E-state index >= 15 is 0 Å². The largest absolute Gasteiger partial charge is 0.449 e. The zero-order valence-corrected chi connectivity index (χ0v) is 12.9. The van der Waals surface area contributed by atoms with Crippen LogP contribution in [0, 0.1) is 0 Å². The Morgan fingerprint density at radius 2 is 1.95 bits per heavy atom. The molecule has 0 radical (unpaired) electrons. The van der Waals surface area contributed by atoms with Gasteiger partial charge in [-0.25, -0.2) is 0 Å². The molecule has 4 nitrogen and oxygen atoms in total. The molecule has 1 N–H and O–H groups in total. The van der Waals surface area contributed by atoms with Crippen molar-refractivity contribution in [2.45, 2.75) is 26.2 Å². The number of benzene rings is 1. The molecule has 0 spiro atoms. The van der Waals surface area contributed by atoms with Gasteiger partial charge in [0.1, 0.15) is 0 Å². The molecule has 0 saturated heterocycles. The van der Waals surface area contributed by atoms with Gasteiger partial charge < -0.3 is 14.8 Å². The van der Waals surface area contributed by atoms with Crippen molar-refractivity contribution >= 4 is 21.6 Å². The summed E-state index contributed by atoms with van der Waals surface area (Å²) in [5, 5.41) is 3.35. The monoisotopic (exact) mass is 334 g/mol. The molecular formula is C15H15BrN2O2. The zero-order chi connectivity index (χ0) is 14.2. The Hall–Kier alpha value is -1.75. The summed E-state index contributed by atoms with van der Waals surface area (Å²) in [5.74, 6) is 0.965. The fourth-order valence-corrected chi connectivity index (χ4v) is 2.50. The van der Waals surface area contributed by atoms with Gasteiger partial charge in [0, 0.05) is 49.0 Å². The fraction of sp³-hybridized carbons (Fsp3) is 0.267. The lowest BCUT2D eigenvalue weighted by Crippen LogP contribution is -2.29. The number of pyridine rings is 1. The van der Waals surface area contributed by atoms with Crippen molar-refractivity contribution in [3.8, 4) is 11.5 Å². The second-order valence-electron chi connectivity index (χ2n) is 5.13. The molecular weight excluding hydrogens is 320 g/mol. The van der Waals surface area contributed by atoms with Gasteiger partial charge in [-0.05, 0) is 39.7 Å². The Kier molecular flexibility index (Phi) is 3.30. The van der Waals surface area contributed by atoms with E-state index in [1.54, 1.807) is 6.20 Å². The highest BCUT2D eigenvalue weighted by Gasteiger charge is 2.31. The molecule has 0 aliphatic carbocycles. The van der Waals surface area contributed by atoms with Crippen LogP contribution in [0.15, 0.2) is 41.1 Å². The molecule has 1 aliphatic rings. The van der Waals surface area contributed by atoms with E-state index in [0.717, 1.165) is 27.2 Å². The van der Waals surface area contributed by atoms with Gasteiger partial charge >= 0.3 is 0 Å². The Labute approximate surface area is 126 Å². The normalized spacial score (nSPS) is 15.2.